The van der Waals surface area contributed by atoms with Gasteiger partial charge in [-0.3, -0.25) is 9.97 Å². The number of hydrogen-bond donors (Lipinski definition) is 6. The Morgan fingerprint density at radius 2 is 0.939 bits per heavy atom. The third-order valence-corrected chi connectivity index (χ3v) is 13.3. The van der Waals surface area contributed by atoms with Crippen molar-refractivity contribution in [1.29, 1.82) is 0 Å². The molecular formula is C62H62B2N12O6. The highest BCUT2D eigenvalue weighted by Gasteiger charge is 2.18. The molecule has 82 heavy (non-hydrogen) atoms. The first-order chi connectivity index (χ1) is 39.9. The second-order valence-electron chi connectivity index (χ2n) is 19.5. The van der Waals surface area contributed by atoms with Gasteiger partial charge in [0.25, 0.3) is 11.8 Å². The average Bonchev–Trinajstić information content (AvgIpc) is 4.43. The quantitative estimate of drug-likeness (QED) is 0.0390. The summed E-state index contributed by atoms with van der Waals surface area (Å²) in [5, 5.41) is 59.9. The largest absolute Gasteiger partial charge is 0.488 e. The van der Waals surface area contributed by atoms with Crippen LogP contribution in [-0.4, -0.2) is 96.9 Å². The fraction of sp³-hybridized carbons (Fsp3) is 0.161. The molecule has 0 spiro atoms. The third-order valence-electron chi connectivity index (χ3n) is 13.3. The molecule has 0 atom stereocenters. The van der Waals surface area contributed by atoms with Crippen LogP contribution in [-0.2, 0) is 13.1 Å². The van der Waals surface area contributed by atoms with Crippen molar-refractivity contribution in [2.24, 2.45) is 0 Å². The molecule has 6 N–H and O–H groups in total. The van der Waals surface area contributed by atoms with Gasteiger partial charge in [0.2, 0.25) is 12.8 Å². The molecule has 6 aromatic heterocycles. The first kappa shape index (κ1) is 57.1. The maximum absolute atomic E-state index is 8.70. The van der Waals surface area contributed by atoms with Crippen molar-refractivity contribution in [3.05, 3.63) is 218 Å². The number of anilines is 2. The molecule has 0 aliphatic rings. The van der Waals surface area contributed by atoms with Gasteiger partial charge in [0.15, 0.2) is 0 Å². The minimum absolute atomic E-state index is 0.451. The summed E-state index contributed by atoms with van der Waals surface area (Å²) < 4.78 is 15.1. The van der Waals surface area contributed by atoms with E-state index in [2.05, 4.69) is 159 Å². The summed E-state index contributed by atoms with van der Waals surface area (Å²) in [6, 6.07) is 43.9. The lowest BCUT2D eigenvalue weighted by atomic mass is 9.80. The van der Waals surface area contributed by atoms with Gasteiger partial charge in [-0.1, -0.05) is 131 Å². The van der Waals surface area contributed by atoms with Crippen LogP contribution < -0.4 is 21.6 Å². The van der Waals surface area contributed by atoms with Gasteiger partial charge in [-0.15, -0.1) is 20.4 Å². The van der Waals surface area contributed by atoms with Crippen molar-refractivity contribution in [2.45, 2.75) is 53.6 Å². The van der Waals surface area contributed by atoms with Crippen molar-refractivity contribution in [2.75, 3.05) is 23.7 Å². The molecule has 412 valence electrons. The van der Waals surface area contributed by atoms with Crippen LogP contribution in [0.5, 0.6) is 0 Å². The molecule has 20 heteroatoms. The highest BCUT2D eigenvalue weighted by Crippen LogP contribution is 2.37. The predicted molar refractivity (Wildman–Crippen MR) is 323 cm³/mol. The van der Waals surface area contributed by atoms with E-state index in [-0.39, 0.29) is 0 Å². The Labute approximate surface area is 475 Å². The molecule has 0 fully saturated rings. The molecular weight excluding hydrogens is 1030 g/mol. The summed E-state index contributed by atoms with van der Waals surface area (Å²) in [5.74, 6) is 0.903. The van der Waals surface area contributed by atoms with E-state index in [9.17, 15) is 0 Å². The molecule has 0 aliphatic heterocycles. The molecule has 12 aromatic rings. The molecule has 6 aromatic carbocycles. The van der Waals surface area contributed by atoms with Crippen LogP contribution >= 0.6 is 0 Å². The SMILES string of the molecule is Cc1ccc(-c2ccc3ncc(-c4nnco4)c(NCCCn4ccnc4)c3c2)cc1.Cc1ccc(B(O)O)cc1.Cc1cccc(-c2ccc3ncc(-c4nnco4)c(NCCCn4ccnc4)c3c2)c1.Cc1cccc(B(O)O)c1. The number of imidazole rings is 2. The van der Waals surface area contributed by atoms with Crippen LogP contribution in [0.15, 0.2) is 205 Å². The van der Waals surface area contributed by atoms with E-state index in [4.69, 9.17) is 28.9 Å². The fourth-order valence-electron chi connectivity index (χ4n) is 8.96. The van der Waals surface area contributed by atoms with Gasteiger partial charge in [-0.05, 0) is 98.0 Å². The third kappa shape index (κ3) is 15.4. The number of aromatic nitrogens is 10. The Kier molecular flexibility index (Phi) is 19.5. The Balaban J connectivity index is 0.000000149. The van der Waals surface area contributed by atoms with Gasteiger partial charge >= 0.3 is 14.2 Å². The monoisotopic (exact) mass is 1090 g/mol. The number of hydrogen-bond acceptors (Lipinski definition) is 16. The van der Waals surface area contributed by atoms with Crippen molar-refractivity contribution >= 4 is 58.3 Å². The molecule has 0 amide bonds. The topological polar surface area (TPSA) is 244 Å². The highest BCUT2D eigenvalue weighted by atomic mass is 16.4. The van der Waals surface area contributed by atoms with E-state index in [1.807, 2.05) is 57.1 Å². The van der Waals surface area contributed by atoms with Crippen molar-refractivity contribution < 1.29 is 28.9 Å². The van der Waals surface area contributed by atoms with E-state index in [1.165, 1.54) is 35.0 Å². The summed E-state index contributed by atoms with van der Waals surface area (Å²) >= 11 is 0. The van der Waals surface area contributed by atoms with Crippen LogP contribution in [0.3, 0.4) is 0 Å². The Morgan fingerprint density at radius 3 is 1.38 bits per heavy atom. The molecule has 0 saturated heterocycles. The standard InChI is InChI=1S/2C24H22N6O.2C7H9BO2/c1-17-3-5-18(6-4-17)19-7-8-22-20(13-19)23(21(14-27-22)24-29-28-16-31-24)26-9-2-11-30-12-10-25-15-30;1-17-4-2-5-18(12-17)19-6-7-22-20(13-19)23(21(14-27-22)24-29-28-16-31-24)26-8-3-10-30-11-9-25-15-30;1-6-2-4-7(5-3-6)8(9)10;1-6-3-2-4-7(5-6)8(9)10/h3-8,10,12-16H,2,9,11H2,1H3,(H,26,27);2,4-7,9,11-16H,3,8,10H2,1H3,(H,26,27);2*2-5,9-10H,1H3. The van der Waals surface area contributed by atoms with Gasteiger partial charge in [-0.25, -0.2) is 9.97 Å². The smallest absolute Gasteiger partial charge is 0.423 e. The Morgan fingerprint density at radius 1 is 0.476 bits per heavy atom. The number of aryl methyl sites for hydroxylation is 6. The van der Waals surface area contributed by atoms with E-state index in [1.54, 1.807) is 55.1 Å². The fourth-order valence-corrected chi connectivity index (χ4v) is 8.96. The first-order valence-electron chi connectivity index (χ1n) is 26.7. The number of nitrogens with zero attached hydrogens (tertiary/aromatic N) is 10. The minimum atomic E-state index is -1.35. The lowest BCUT2D eigenvalue weighted by Gasteiger charge is -2.14. The van der Waals surface area contributed by atoms with Crippen molar-refractivity contribution in [3.8, 4) is 45.2 Å². The van der Waals surface area contributed by atoms with E-state index in [0.29, 0.717) is 22.7 Å². The maximum atomic E-state index is 8.70. The zero-order valence-electron chi connectivity index (χ0n) is 46.0. The molecule has 0 aliphatic carbocycles. The van der Waals surface area contributed by atoms with Gasteiger partial charge < -0.3 is 48.7 Å². The Hall–Kier alpha value is -9.59. The first-order valence-corrected chi connectivity index (χ1v) is 26.7. The van der Waals surface area contributed by atoms with Crippen LogP contribution in [0, 0.1) is 27.7 Å². The number of fused-ring (bicyclic) bond motifs is 2. The van der Waals surface area contributed by atoms with E-state index < -0.39 is 14.2 Å². The molecule has 12 rings (SSSR count). The zero-order chi connectivity index (χ0) is 57.2. The van der Waals surface area contributed by atoms with Gasteiger partial charge in [0, 0.05) is 74.1 Å². The molecule has 0 saturated carbocycles. The van der Waals surface area contributed by atoms with Crippen LogP contribution in [0.4, 0.5) is 11.4 Å². The predicted octanol–water partition coefficient (Wildman–Crippen LogP) is 9.27. The number of rotatable bonds is 16. The van der Waals surface area contributed by atoms with Gasteiger partial charge in [0.1, 0.15) is 0 Å². The summed E-state index contributed by atoms with van der Waals surface area (Å²) in [6.07, 6.45) is 19.4. The second kappa shape index (κ2) is 28.0. The van der Waals surface area contributed by atoms with Crippen LogP contribution in [0.1, 0.15) is 35.1 Å². The lowest BCUT2D eigenvalue weighted by molar-refractivity contribution is 0.424. The normalized spacial score (nSPS) is 10.7. The average molecular weight is 1090 g/mol. The van der Waals surface area contributed by atoms with E-state index in [0.717, 1.165) is 106 Å². The van der Waals surface area contributed by atoms with E-state index >= 15 is 0 Å². The summed E-state index contributed by atoms with van der Waals surface area (Å²) in [5.41, 5.74) is 15.6. The van der Waals surface area contributed by atoms with Crippen LogP contribution in [0.2, 0.25) is 0 Å². The lowest BCUT2D eigenvalue weighted by Crippen LogP contribution is -2.29. The number of benzene rings is 6. The molecule has 0 bridgehead atoms. The summed E-state index contributed by atoms with van der Waals surface area (Å²) in [4.78, 5) is 17.5. The zero-order valence-corrected chi connectivity index (χ0v) is 46.0. The minimum Gasteiger partial charge on any atom is -0.423 e. The highest BCUT2D eigenvalue weighted by molar-refractivity contribution is 6.58. The molecule has 0 radical (unpaired) electrons. The maximum Gasteiger partial charge on any atom is 0.488 e. The molecule has 6 heterocycles. The Bertz CT molecular complexity index is 3890. The van der Waals surface area contributed by atoms with Crippen LogP contribution in [0.25, 0.3) is 67.0 Å². The number of pyridine rings is 2. The summed E-state index contributed by atoms with van der Waals surface area (Å²) in [7, 11) is -2.69. The number of nitrogens with one attached hydrogen (secondary N) is 2. The van der Waals surface area contributed by atoms with Crippen molar-refractivity contribution in [3.63, 3.8) is 0 Å². The van der Waals surface area contributed by atoms with Gasteiger partial charge in [0.05, 0.1) is 46.2 Å². The summed E-state index contributed by atoms with van der Waals surface area (Å²) in [6.45, 7) is 11.4. The molecule has 18 nitrogen and oxygen atoms in total. The molecule has 0 unspecified atom stereocenters. The van der Waals surface area contributed by atoms with Crippen molar-refractivity contribution in [1.82, 2.24) is 49.5 Å². The van der Waals surface area contributed by atoms with Gasteiger partial charge in [-0.2, -0.15) is 0 Å². The second-order valence-corrected chi connectivity index (χ2v) is 19.5.